The topological polar surface area (TPSA) is 24.9 Å². The van der Waals surface area contributed by atoms with E-state index in [4.69, 9.17) is 0 Å². The van der Waals surface area contributed by atoms with Gasteiger partial charge in [-0.25, -0.2) is 0 Å². The normalized spacial score (nSPS) is 21.8. The lowest BCUT2D eigenvalue weighted by molar-refractivity contribution is 0.373. The molecule has 2 aromatic rings. The van der Waals surface area contributed by atoms with Gasteiger partial charge < -0.3 is 5.32 Å². The van der Waals surface area contributed by atoms with Gasteiger partial charge in [-0.1, -0.05) is 24.3 Å². The lowest BCUT2D eigenvalue weighted by Crippen LogP contribution is -2.34. The van der Waals surface area contributed by atoms with Crippen molar-refractivity contribution >= 4 is 5.69 Å². The van der Waals surface area contributed by atoms with Crippen molar-refractivity contribution in [2.45, 2.75) is 38.6 Å². The molecule has 19 heavy (non-hydrogen) atoms. The Kier molecular flexibility index (Phi) is 3.24. The number of hydrogen-bond acceptors (Lipinski definition) is 2. The van der Waals surface area contributed by atoms with E-state index in [1.165, 1.54) is 24.0 Å². The molecule has 0 unspecified atom stereocenters. The van der Waals surface area contributed by atoms with E-state index in [0.717, 1.165) is 17.3 Å². The number of benzene rings is 1. The Bertz CT molecular complexity index is 554. The molecule has 0 aliphatic heterocycles. The van der Waals surface area contributed by atoms with Gasteiger partial charge >= 0.3 is 0 Å². The van der Waals surface area contributed by atoms with Crippen LogP contribution in [0.4, 0.5) is 5.69 Å². The Morgan fingerprint density at radius 3 is 2.53 bits per heavy atom. The summed E-state index contributed by atoms with van der Waals surface area (Å²) < 4.78 is 0. The van der Waals surface area contributed by atoms with Crippen molar-refractivity contribution in [2.24, 2.45) is 0 Å². The monoisotopic (exact) mass is 252 g/mol. The van der Waals surface area contributed by atoms with Gasteiger partial charge in [0.1, 0.15) is 0 Å². The highest BCUT2D eigenvalue weighted by atomic mass is 14.9. The molecule has 0 amide bonds. The molecule has 0 atom stereocenters. The third-order valence-corrected chi connectivity index (χ3v) is 4.05. The molecule has 3 rings (SSSR count). The molecule has 1 fully saturated rings. The molecular formula is C17H20N2. The van der Waals surface area contributed by atoms with Crippen molar-refractivity contribution in [3.63, 3.8) is 0 Å². The maximum absolute atomic E-state index is 4.32. The van der Waals surface area contributed by atoms with Gasteiger partial charge in [0.05, 0.1) is 11.9 Å². The molecule has 0 bridgehead atoms. The summed E-state index contributed by atoms with van der Waals surface area (Å²) in [5, 5.41) is 3.56. The van der Waals surface area contributed by atoms with Crippen LogP contribution in [0.15, 0.2) is 42.6 Å². The SMILES string of the molecule is Cc1ccc(NC2CC(c3ccccc3C)C2)cn1. The van der Waals surface area contributed by atoms with Crippen LogP contribution < -0.4 is 5.32 Å². The molecule has 1 aliphatic rings. The van der Waals surface area contributed by atoms with E-state index in [2.05, 4.69) is 53.6 Å². The van der Waals surface area contributed by atoms with E-state index < -0.39 is 0 Å². The van der Waals surface area contributed by atoms with Crippen LogP contribution in [0.3, 0.4) is 0 Å². The van der Waals surface area contributed by atoms with Gasteiger partial charge in [-0.05, 0) is 55.9 Å². The van der Waals surface area contributed by atoms with Crippen LogP contribution in [0.1, 0.15) is 35.6 Å². The fourth-order valence-corrected chi connectivity index (χ4v) is 2.82. The van der Waals surface area contributed by atoms with E-state index in [0.29, 0.717) is 6.04 Å². The van der Waals surface area contributed by atoms with Crippen molar-refractivity contribution in [1.29, 1.82) is 0 Å². The summed E-state index contributed by atoms with van der Waals surface area (Å²) in [5.41, 5.74) is 5.14. The molecule has 98 valence electrons. The number of rotatable bonds is 3. The summed E-state index contributed by atoms with van der Waals surface area (Å²) >= 11 is 0. The van der Waals surface area contributed by atoms with Gasteiger partial charge in [0.25, 0.3) is 0 Å². The molecule has 0 spiro atoms. The first-order valence-corrected chi connectivity index (χ1v) is 6.97. The van der Waals surface area contributed by atoms with Crippen LogP contribution in [-0.2, 0) is 0 Å². The molecule has 0 radical (unpaired) electrons. The molecule has 0 saturated heterocycles. The summed E-state index contributed by atoms with van der Waals surface area (Å²) in [6.45, 7) is 4.22. The Morgan fingerprint density at radius 1 is 1.05 bits per heavy atom. The lowest BCUT2D eigenvalue weighted by atomic mass is 9.74. The number of pyridine rings is 1. The molecular weight excluding hydrogens is 232 g/mol. The summed E-state index contributed by atoms with van der Waals surface area (Å²) in [5.74, 6) is 0.720. The number of nitrogens with zero attached hydrogens (tertiary/aromatic N) is 1. The van der Waals surface area contributed by atoms with Crippen LogP contribution in [0, 0.1) is 13.8 Å². The van der Waals surface area contributed by atoms with E-state index in [9.17, 15) is 0 Å². The molecule has 1 N–H and O–H groups in total. The second-order valence-corrected chi connectivity index (χ2v) is 5.55. The second-order valence-electron chi connectivity index (χ2n) is 5.55. The highest BCUT2D eigenvalue weighted by Gasteiger charge is 2.30. The average molecular weight is 252 g/mol. The molecule has 1 aromatic heterocycles. The fourth-order valence-electron chi connectivity index (χ4n) is 2.82. The van der Waals surface area contributed by atoms with Gasteiger partial charge in [0, 0.05) is 11.7 Å². The first-order valence-electron chi connectivity index (χ1n) is 6.97. The van der Waals surface area contributed by atoms with Crippen molar-refractivity contribution in [2.75, 3.05) is 5.32 Å². The zero-order valence-corrected chi connectivity index (χ0v) is 11.6. The predicted octanol–water partition coefficient (Wildman–Crippen LogP) is 4.06. The Morgan fingerprint density at radius 2 is 1.84 bits per heavy atom. The summed E-state index contributed by atoms with van der Waals surface area (Å²) in [6.07, 6.45) is 4.37. The average Bonchev–Trinajstić information content (AvgIpc) is 2.37. The minimum absolute atomic E-state index is 0.592. The van der Waals surface area contributed by atoms with Gasteiger partial charge in [0.2, 0.25) is 0 Å². The van der Waals surface area contributed by atoms with Crippen LogP contribution in [0.25, 0.3) is 0 Å². The number of hydrogen-bond donors (Lipinski definition) is 1. The molecule has 2 nitrogen and oxygen atoms in total. The van der Waals surface area contributed by atoms with E-state index in [-0.39, 0.29) is 0 Å². The maximum Gasteiger partial charge on any atom is 0.0529 e. The van der Waals surface area contributed by atoms with Crippen LogP contribution in [0.2, 0.25) is 0 Å². The molecule has 1 heterocycles. The van der Waals surface area contributed by atoms with E-state index in [1.807, 2.05) is 13.1 Å². The number of nitrogens with one attached hydrogen (secondary N) is 1. The molecule has 2 heteroatoms. The van der Waals surface area contributed by atoms with Crippen molar-refractivity contribution < 1.29 is 0 Å². The van der Waals surface area contributed by atoms with Gasteiger partial charge in [-0.3, -0.25) is 4.98 Å². The minimum atomic E-state index is 0.592. The predicted molar refractivity (Wildman–Crippen MR) is 79.5 cm³/mol. The largest absolute Gasteiger partial charge is 0.381 e. The number of anilines is 1. The van der Waals surface area contributed by atoms with E-state index in [1.54, 1.807) is 0 Å². The van der Waals surface area contributed by atoms with Crippen LogP contribution in [-0.4, -0.2) is 11.0 Å². The standard InChI is InChI=1S/C17H20N2/c1-12-5-3-4-6-17(12)14-9-16(10-14)19-15-8-7-13(2)18-11-15/h3-8,11,14,16,19H,9-10H2,1-2H3. The minimum Gasteiger partial charge on any atom is -0.381 e. The summed E-state index contributed by atoms with van der Waals surface area (Å²) in [6, 6.07) is 13.5. The third-order valence-electron chi connectivity index (χ3n) is 4.05. The summed E-state index contributed by atoms with van der Waals surface area (Å²) in [7, 11) is 0. The lowest BCUT2D eigenvalue weighted by Gasteiger charge is -2.37. The summed E-state index contributed by atoms with van der Waals surface area (Å²) in [4.78, 5) is 4.32. The van der Waals surface area contributed by atoms with Crippen LogP contribution in [0.5, 0.6) is 0 Å². The quantitative estimate of drug-likeness (QED) is 0.891. The first-order chi connectivity index (χ1) is 9.22. The third kappa shape index (κ3) is 2.62. The van der Waals surface area contributed by atoms with Crippen molar-refractivity contribution in [3.05, 3.63) is 59.4 Å². The molecule has 1 aromatic carbocycles. The van der Waals surface area contributed by atoms with Crippen molar-refractivity contribution in [3.8, 4) is 0 Å². The Labute approximate surface area is 114 Å². The van der Waals surface area contributed by atoms with Gasteiger partial charge in [0.15, 0.2) is 0 Å². The Hall–Kier alpha value is -1.83. The van der Waals surface area contributed by atoms with Gasteiger partial charge in [-0.15, -0.1) is 0 Å². The second kappa shape index (κ2) is 5.04. The number of aryl methyl sites for hydroxylation is 2. The zero-order valence-electron chi connectivity index (χ0n) is 11.6. The molecule has 1 saturated carbocycles. The Balaban J connectivity index is 1.58. The first kappa shape index (κ1) is 12.2. The van der Waals surface area contributed by atoms with Crippen LogP contribution >= 0.6 is 0 Å². The van der Waals surface area contributed by atoms with Gasteiger partial charge in [-0.2, -0.15) is 0 Å². The molecule has 1 aliphatic carbocycles. The highest BCUT2D eigenvalue weighted by molar-refractivity contribution is 5.43. The van der Waals surface area contributed by atoms with Crippen molar-refractivity contribution in [1.82, 2.24) is 4.98 Å². The zero-order chi connectivity index (χ0) is 13.2. The fraction of sp³-hybridized carbons (Fsp3) is 0.353. The van der Waals surface area contributed by atoms with E-state index >= 15 is 0 Å². The highest BCUT2D eigenvalue weighted by Crippen LogP contribution is 2.39. The maximum atomic E-state index is 4.32. The smallest absolute Gasteiger partial charge is 0.0529 e. The number of aromatic nitrogens is 1.